The Morgan fingerprint density at radius 1 is 1.17 bits per heavy atom. The second-order valence-electron chi connectivity index (χ2n) is 5.07. The average Bonchev–Trinajstić information content (AvgIpc) is 2.54. The van der Waals surface area contributed by atoms with Crippen LogP contribution >= 0.6 is 23.4 Å². The van der Waals surface area contributed by atoms with Gasteiger partial charge in [-0.15, -0.1) is 11.8 Å². The van der Waals surface area contributed by atoms with E-state index in [1.165, 1.54) is 23.9 Å². The summed E-state index contributed by atoms with van der Waals surface area (Å²) in [6, 6.07) is 13.0. The van der Waals surface area contributed by atoms with E-state index in [0.717, 1.165) is 11.6 Å². The third-order valence-electron chi connectivity index (χ3n) is 3.32. The molecule has 2 aromatic rings. The number of carbonyl (C=O) groups is 1. The van der Waals surface area contributed by atoms with Gasteiger partial charge in [0.05, 0.1) is 22.0 Å². The topological polar surface area (TPSA) is 29.1 Å². The molecule has 0 saturated carbocycles. The molecule has 128 valence electrons. The van der Waals surface area contributed by atoms with Crippen LogP contribution in [0.1, 0.15) is 23.3 Å². The number of carbonyl (C=O) groups excluding carboxylic acids is 1. The molecule has 0 aliphatic carbocycles. The smallest absolute Gasteiger partial charge is 0.324 e. The monoisotopic (exact) mass is 373 g/mol. The largest absolute Gasteiger partial charge is 0.418 e. The predicted octanol–water partition coefficient (Wildman–Crippen LogP) is 5.79. The number of alkyl halides is 3. The van der Waals surface area contributed by atoms with Crippen molar-refractivity contribution in [3.63, 3.8) is 0 Å². The Labute approximate surface area is 147 Å². The fourth-order valence-electron chi connectivity index (χ4n) is 2.08. The molecule has 0 radical (unpaired) electrons. The van der Waals surface area contributed by atoms with Crippen molar-refractivity contribution in [2.45, 2.75) is 18.3 Å². The molecule has 0 heterocycles. The van der Waals surface area contributed by atoms with E-state index in [-0.39, 0.29) is 16.0 Å². The van der Waals surface area contributed by atoms with Crippen LogP contribution in [-0.2, 0) is 11.0 Å². The standard InChI is InChI=1S/C17H15ClF3NOS/c1-11(12-6-3-2-4-7-12)24-10-15(23)22-16-13(17(19,20)21)8-5-9-14(16)18/h2-9,11H,10H2,1H3,(H,22,23). The van der Waals surface area contributed by atoms with Gasteiger partial charge in [0.25, 0.3) is 0 Å². The number of para-hydroxylation sites is 1. The zero-order chi connectivity index (χ0) is 17.7. The molecule has 1 unspecified atom stereocenters. The van der Waals surface area contributed by atoms with E-state index in [1.54, 1.807) is 0 Å². The predicted molar refractivity (Wildman–Crippen MR) is 92.4 cm³/mol. The van der Waals surface area contributed by atoms with Gasteiger partial charge in [0.1, 0.15) is 0 Å². The third kappa shape index (κ3) is 4.92. The molecule has 0 aromatic heterocycles. The van der Waals surface area contributed by atoms with Crippen molar-refractivity contribution in [3.8, 4) is 0 Å². The Hall–Kier alpha value is -1.66. The van der Waals surface area contributed by atoms with E-state index in [0.29, 0.717) is 0 Å². The number of anilines is 1. The number of hydrogen-bond acceptors (Lipinski definition) is 2. The van der Waals surface area contributed by atoms with Crippen LogP contribution in [0.2, 0.25) is 5.02 Å². The summed E-state index contributed by atoms with van der Waals surface area (Å²) in [6.45, 7) is 1.93. The molecule has 0 fully saturated rings. The molecule has 0 aliphatic heterocycles. The molecular weight excluding hydrogens is 359 g/mol. The Bertz CT molecular complexity index is 707. The number of thioether (sulfide) groups is 1. The molecule has 0 aliphatic rings. The summed E-state index contributed by atoms with van der Waals surface area (Å²) in [4.78, 5) is 12.0. The maximum Gasteiger partial charge on any atom is 0.418 e. The minimum Gasteiger partial charge on any atom is -0.324 e. The molecule has 1 N–H and O–H groups in total. The van der Waals surface area contributed by atoms with Crippen LogP contribution in [0.5, 0.6) is 0 Å². The number of benzene rings is 2. The van der Waals surface area contributed by atoms with Gasteiger partial charge in [-0.3, -0.25) is 4.79 Å². The SMILES string of the molecule is CC(SCC(=O)Nc1c(Cl)cccc1C(F)(F)F)c1ccccc1. The molecule has 0 bridgehead atoms. The zero-order valence-electron chi connectivity index (χ0n) is 12.7. The molecule has 1 amide bonds. The van der Waals surface area contributed by atoms with Gasteiger partial charge in [0, 0.05) is 5.25 Å². The second kappa shape index (κ2) is 7.94. The number of rotatable bonds is 5. The van der Waals surface area contributed by atoms with Crippen molar-refractivity contribution in [2.24, 2.45) is 0 Å². The van der Waals surface area contributed by atoms with Crippen molar-refractivity contribution in [1.82, 2.24) is 0 Å². The van der Waals surface area contributed by atoms with Crippen LogP contribution in [0.15, 0.2) is 48.5 Å². The third-order valence-corrected chi connectivity index (χ3v) is 4.83. The van der Waals surface area contributed by atoms with Crippen LogP contribution in [0.4, 0.5) is 18.9 Å². The van der Waals surface area contributed by atoms with Crippen molar-refractivity contribution < 1.29 is 18.0 Å². The maximum atomic E-state index is 13.0. The van der Waals surface area contributed by atoms with E-state index >= 15 is 0 Å². The first-order chi connectivity index (χ1) is 11.3. The highest BCUT2D eigenvalue weighted by Gasteiger charge is 2.34. The van der Waals surface area contributed by atoms with Gasteiger partial charge in [0.15, 0.2) is 0 Å². The summed E-state index contributed by atoms with van der Waals surface area (Å²) in [5, 5.41) is 2.19. The van der Waals surface area contributed by atoms with Gasteiger partial charge in [-0.25, -0.2) is 0 Å². The molecular formula is C17H15ClF3NOS. The van der Waals surface area contributed by atoms with E-state index in [2.05, 4.69) is 5.32 Å². The minimum absolute atomic E-state index is 0.0264. The normalized spacial score (nSPS) is 12.7. The highest BCUT2D eigenvalue weighted by atomic mass is 35.5. The summed E-state index contributed by atoms with van der Waals surface area (Å²) in [7, 11) is 0. The first-order valence-electron chi connectivity index (χ1n) is 7.11. The van der Waals surface area contributed by atoms with Crippen molar-refractivity contribution in [1.29, 1.82) is 0 Å². The maximum absolute atomic E-state index is 13.0. The minimum atomic E-state index is -4.59. The van der Waals surface area contributed by atoms with Crippen LogP contribution < -0.4 is 5.32 Å². The molecule has 2 rings (SSSR count). The van der Waals surface area contributed by atoms with Crippen LogP contribution in [0, 0.1) is 0 Å². The van der Waals surface area contributed by atoms with Crippen LogP contribution in [0.25, 0.3) is 0 Å². The fraction of sp³-hybridized carbons (Fsp3) is 0.235. The Balaban J connectivity index is 2.03. The summed E-state index contributed by atoms with van der Waals surface area (Å²) >= 11 is 7.16. The van der Waals surface area contributed by atoms with Gasteiger partial charge >= 0.3 is 6.18 Å². The number of nitrogens with one attached hydrogen (secondary N) is 1. The molecule has 0 saturated heterocycles. The molecule has 24 heavy (non-hydrogen) atoms. The lowest BCUT2D eigenvalue weighted by molar-refractivity contribution is -0.137. The lowest BCUT2D eigenvalue weighted by Gasteiger charge is -2.16. The number of amides is 1. The van der Waals surface area contributed by atoms with Crippen LogP contribution in [-0.4, -0.2) is 11.7 Å². The lowest BCUT2D eigenvalue weighted by Crippen LogP contribution is -2.19. The first kappa shape index (κ1) is 18.7. The second-order valence-corrected chi connectivity index (χ2v) is 6.81. The number of hydrogen-bond donors (Lipinski definition) is 1. The summed E-state index contributed by atoms with van der Waals surface area (Å²) in [5.41, 5.74) is -0.307. The van der Waals surface area contributed by atoms with Gasteiger partial charge in [-0.05, 0) is 24.6 Å². The zero-order valence-corrected chi connectivity index (χ0v) is 14.3. The summed E-state index contributed by atoms with van der Waals surface area (Å²) in [6.07, 6.45) is -4.59. The quantitative estimate of drug-likeness (QED) is 0.718. The highest BCUT2D eigenvalue weighted by Crippen LogP contribution is 2.38. The fourth-order valence-corrected chi connectivity index (χ4v) is 3.13. The molecule has 2 nitrogen and oxygen atoms in total. The Morgan fingerprint density at radius 2 is 1.83 bits per heavy atom. The van der Waals surface area contributed by atoms with E-state index in [9.17, 15) is 18.0 Å². The Kier molecular flexibility index (Phi) is 6.18. The average molecular weight is 374 g/mol. The molecule has 0 spiro atoms. The summed E-state index contributed by atoms with van der Waals surface area (Å²) in [5.74, 6) is -0.500. The number of halogens is 4. The van der Waals surface area contributed by atoms with Crippen molar-refractivity contribution in [2.75, 3.05) is 11.1 Å². The van der Waals surface area contributed by atoms with E-state index < -0.39 is 23.3 Å². The molecule has 2 aromatic carbocycles. The van der Waals surface area contributed by atoms with Gasteiger partial charge < -0.3 is 5.32 Å². The van der Waals surface area contributed by atoms with E-state index in [1.807, 2.05) is 37.3 Å². The first-order valence-corrected chi connectivity index (χ1v) is 8.54. The van der Waals surface area contributed by atoms with E-state index in [4.69, 9.17) is 11.6 Å². The molecule has 7 heteroatoms. The Morgan fingerprint density at radius 3 is 2.46 bits per heavy atom. The summed E-state index contributed by atoms with van der Waals surface area (Å²) < 4.78 is 39.0. The van der Waals surface area contributed by atoms with Gasteiger partial charge in [-0.2, -0.15) is 13.2 Å². The van der Waals surface area contributed by atoms with Gasteiger partial charge in [-0.1, -0.05) is 48.0 Å². The van der Waals surface area contributed by atoms with Crippen LogP contribution in [0.3, 0.4) is 0 Å². The van der Waals surface area contributed by atoms with Crippen molar-refractivity contribution in [3.05, 3.63) is 64.7 Å². The van der Waals surface area contributed by atoms with Gasteiger partial charge in [0.2, 0.25) is 5.91 Å². The highest BCUT2D eigenvalue weighted by molar-refractivity contribution is 8.00. The molecule has 1 atom stereocenters. The lowest BCUT2D eigenvalue weighted by atomic mass is 10.1. The van der Waals surface area contributed by atoms with Crippen molar-refractivity contribution >= 4 is 35.0 Å².